The van der Waals surface area contributed by atoms with E-state index in [0.29, 0.717) is 0 Å². The summed E-state index contributed by atoms with van der Waals surface area (Å²) in [7, 11) is 0. The zero-order valence-corrected chi connectivity index (χ0v) is 12.4. The molecule has 2 rings (SSSR count). The first-order valence-corrected chi connectivity index (χ1v) is 8.10. The Bertz CT molecular complexity index is 335. The first kappa shape index (κ1) is 14.4. The molecule has 1 saturated carbocycles. The number of hydrogen-bond donors (Lipinski definition) is 0. The minimum absolute atomic E-state index is 0.820. The molecule has 1 aliphatic rings. The largest absolute Gasteiger partial charge is 0.494 e. The number of aryl methyl sites for hydroxylation is 1. The molecule has 1 heteroatoms. The van der Waals surface area contributed by atoms with E-state index in [9.17, 15) is 0 Å². The molecule has 0 unspecified atom stereocenters. The molecule has 0 spiro atoms. The van der Waals surface area contributed by atoms with E-state index in [1.54, 1.807) is 0 Å². The quantitative estimate of drug-likeness (QED) is 0.639. The third-order valence-electron chi connectivity index (χ3n) is 4.20. The Morgan fingerprint density at radius 1 is 1.05 bits per heavy atom. The molecule has 0 radical (unpaired) electrons. The molecule has 0 bridgehead atoms. The minimum Gasteiger partial charge on any atom is -0.494 e. The lowest BCUT2D eigenvalue weighted by Gasteiger charge is -2.21. The van der Waals surface area contributed by atoms with Crippen LogP contribution in [0, 0.1) is 5.92 Å². The smallest absolute Gasteiger partial charge is 0.119 e. The van der Waals surface area contributed by atoms with Crippen LogP contribution >= 0.6 is 0 Å². The van der Waals surface area contributed by atoms with Crippen LogP contribution in [0.15, 0.2) is 24.3 Å². The van der Waals surface area contributed by atoms with Crippen molar-refractivity contribution in [3.63, 3.8) is 0 Å². The Kier molecular flexibility index (Phi) is 6.26. The molecule has 0 aromatic heterocycles. The lowest BCUT2D eigenvalue weighted by atomic mass is 9.85. The molecule has 0 aliphatic heterocycles. The van der Waals surface area contributed by atoms with Crippen molar-refractivity contribution in [2.75, 3.05) is 6.61 Å². The molecule has 1 aromatic rings. The van der Waals surface area contributed by atoms with Gasteiger partial charge >= 0.3 is 0 Å². The van der Waals surface area contributed by atoms with Gasteiger partial charge in [0, 0.05) is 0 Å². The first-order chi connectivity index (χ1) is 9.38. The highest BCUT2D eigenvalue weighted by Gasteiger charge is 2.12. The Morgan fingerprint density at radius 2 is 1.79 bits per heavy atom. The zero-order chi connectivity index (χ0) is 13.3. The second-order valence-electron chi connectivity index (χ2n) is 5.89. The Balaban J connectivity index is 1.67. The average molecular weight is 260 g/mol. The first-order valence-electron chi connectivity index (χ1n) is 8.10. The van der Waals surface area contributed by atoms with Crippen molar-refractivity contribution in [3.05, 3.63) is 29.8 Å². The summed E-state index contributed by atoms with van der Waals surface area (Å²) in [5.41, 5.74) is 1.46. The molecule has 0 saturated heterocycles. The number of hydrogen-bond acceptors (Lipinski definition) is 1. The van der Waals surface area contributed by atoms with Crippen molar-refractivity contribution >= 4 is 0 Å². The Morgan fingerprint density at radius 3 is 2.47 bits per heavy atom. The maximum atomic E-state index is 5.61. The molecule has 0 atom stereocenters. The monoisotopic (exact) mass is 260 g/mol. The predicted octanol–water partition coefficient (Wildman–Crippen LogP) is 5.38. The topological polar surface area (TPSA) is 9.23 Å². The second-order valence-corrected chi connectivity index (χ2v) is 5.89. The van der Waals surface area contributed by atoms with Crippen LogP contribution < -0.4 is 4.74 Å². The van der Waals surface area contributed by atoms with Crippen LogP contribution in [0.25, 0.3) is 0 Å². The van der Waals surface area contributed by atoms with Crippen LogP contribution in [0.5, 0.6) is 5.75 Å². The molecule has 1 nitrogen and oxygen atoms in total. The van der Waals surface area contributed by atoms with Crippen LogP contribution in [-0.4, -0.2) is 6.61 Å². The lowest BCUT2D eigenvalue weighted by molar-refractivity contribution is 0.317. The Labute approximate surface area is 118 Å². The molecule has 19 heavy (non-hydrogen) atoms. The number of rotatable bonds is 7. The molecular weight excluding hydrogens is 232 g/mol. The standard InChI is InChI=1S/C18H28O/c1-2-15-19-18-13-11-17(12-14-18)10-6-9-16-7-4-3-5-8-16/h11-14,16H,2-10,15H2,1H3. The van der Waals surface area contributed by atoms with Crippen molar-refractivity contribution < 1.29 is 4.74 Å². The lowest BCUT2D eigenvalue weighted by Crippen LogP contribution is -2.06. The van der Waals surface area contributed by atoms with Gasteiger partial charge in [0.2, 0.25) is 0 Å². The van der Waals surface area contributed by atoms with Crippen molar-refractivity contribution in [2.45, 2.75) is 64.7 Å². The summed E-state index contributed by atoms with van der Waals surface area (Å²) in [6.45, 7) is 2.96. The van der Waals surface area contributed by atoms with E-state index in [1.807, 2.05) is 0 Å². The molecule has 0 amide bonds. The van der Waals surface area contributed by atoms with Crippen LogP contribution in [0.1, 0.15) is 63.9 Å². The molecular formula is C18H28O. The van der Waals surface area contributed by atoms with Crippen molar-refractivity contribution in [1.29, 1.82) is 0 Å². The number of ether oxygens (including phenoxy) is 1. The van der Waals surface area contributed by atoms with Crippen LogP contribution in [-0.2, 0) is 6.42 Å². The SMILES string of the molecule is CCCOc1ccc(CCCC2CCCCC2)cc1. The fourth-order valence-electron chi connectivity index (χ4n) is 3.04. The molecule has 1 aromatic carbocycles. The van der Waals surface area contributed by atoms with E-state index in [1.165, 1.54) is 56.9 Å². The van der Waals surface area contributed by atoms with Gasteiger partial charge in [-0.25, -0.2) is 0 Å². The second kappa shape index (κ2) is 8.24. The van der Waals surface area contributed by atoms with Gasteiger partial charge in [0.25, 0.3) is 0 Å². The molecule has 0 heterocycles. The van der Waals surface area contributed by atoms with Crippen molar-refractivity contribution in [1.82, 2.24) is 0 Å². The summed E-state index contributed by atoms with van der Waals surface area (Å²) < 4.78 is 5.61. The maximum Gasteiger partial charge on any atom is 0.119 e. The minimum atomic E-state index is 0.820. The maximum absolute atomic E-state index is 5.61. The van der Waals surface area contributed by atoms with Gasteiger partial charge in [-0.1, -0.05) is 57.6 Å². The highest BCUT2D eigenvalue weighted by molar-refractivity contribution is 5.27. The van der Waals surface area contributed by atoms with E-state index in [2.05, 4.69) is 31.2 Å². The third-order valence-corrected chi connectivity index (χ3v) is 4.20. The van der Waals surface area contributed by atoms with Gasteiger partial charge in [-0.15, -0.1) is 0 Å². The summed E-state index contributed by atoms with van der Waals surface area (Å²) >= 11 is 0. The van der Waals surface area contributed by atoms with Gasteiger partial charge in [0.15, 0.2) is 0 Å². The molecule has 106 valence electrons. The van der Waals surface area contributed by atoms with Gasteiger partial charge in [0.1, 0.15) is 5.75 Å². The number of benzene rings is 1. The van der Waals surface area contributed by atoms with Crippen LogP contribution in [0.2, 0.25) is 0 Å². The normalized spacial score (nSPS) is 16.5. The van der Waals surface area contributed by atoms with E-state index in [0.717, 1.165) is 24.7 Å². The molecule has 0 N–H and O–H groups in total. The van der Waals surface area contributed by atoms with Gasteiger partial charge in [0.05, 0.1) is 6.61 Å². The highest BCUT2D eigenvalue weighted by atomic mass is 16.5. The van der Waals surface area contributed by atoms with Gasteiger partial charge in [-0.3, -0.25) is 0 Å². The summed E-state index contributed by atoms with van der Waals surface area (Å²) in [5.74, 6) is 2.03. The van der Waals surface area contributed by atoms with E-state index >= 15 is 0 Å². The summed E-state index contributed by atoms with van der Waals surface area (Å²) in [5, 5.41) is 0. The predicted molar refractivity (Wildman–Crippen MR) is 81.7 cm³/mol. The fourth-order valence-corrected chi connectivity index (χ4v) is 3.04. The Hall–Kier alpha value is -0.980. The fraction of sp³-hybridized carbons (Fsp3) is 0.667. The summed E-state index contributed by atoms with van der Waals surface area (Å²) in [6.07, 6.45) is 12.4. The molecule has 1 fully saturated rings. The average Bonchev–Trinajstić information content (AvgIpc) is 2.47. The molecule has 1 aliphatic carbocycles. The van der Waals surface area contributed by atoms with Gasteiger partial charge < -0.3 is 4.74 Å². The van der Waals surface area contributed by atoms with Crippen LogP contribution in [0.4, 0.5) is 0 Å². The summed E-state index contributed by atoms with van der Waals surface area (Å²) in [6, 6.07) is 8.69. The van der Waals surface area contributed by atoms with E-state index in [-0.39, 0.29) is 0 Å². The third kappa shape index (κ3) is 5.26. The van der Waals surface area contributed by atoms with E-state index in [4.69, 9.17) is 4.74 Å². The van der Waals surface area contributed by atoms with Crippen molar-refractivity contribution in [3.8, 4) is 5.75 Å². The van der Waals surface area contributed by atoms with Crippen LogP contribution in [0.3, 0.4) is 0 Å². The zero-order valence-electron chi connectivity index (χ0n) is 12.4. The highest BCUT2D eigenvalue weighted by Crippen LogP contribution is 2.27. The van der Waals surface area contributed by atoms with Gasteiger partial charge in [-0.2, -0.15) is 0 Å². The van der Waals surface area contributed by atoms with Crippen molar-refractivity contribution in [2.24, 2.45) is 5.92 Å². The van der Waals surface area contributed by atoms with Gasteiger partial charge in [-0.05, 0) is 42.9 Å². The van der Waals surface area contributed by atoms with E-state index < -0.39 is 0 Å². The summed E-state index contributed by atoms with van der Waals surface area (Å²) in [4.78, 5) is 0.